The molecule has 20 heavy (non-hydrogen) atoms. The van der Waals surface area contributed by atoms with E-state index < -0.39 is 10.0 Å². The summed E-state index contributed by atoms with van der Waals surface area (Å²) >= 11 is 0. The van der Waals surface area contributed by atoms with Crippen molar-refractivity contribution in [1.29, 1.82) is 0 Å². The second-order valence-corrected chi connectivity index (χ2v) is 6.61. The second kappa shape index (κ2) is 5.17. The molecule has 0 unspecified atom stereocenters. The van der Waals surface area contributed by atoms with Gasteiger partial charge in [-0.05, 0) is 56.2 Å². The molecule has 0 radical (unpaired) electrons. The van der Waals surface area contributed by atoms with Gasteiger partial charge in [-0.25, -0.2) is 8.42 Å². The van der Waals surface area contributed by atoms with E-state index in [9.17, 15) is 8.42 Å². The van der Waals surface area contributed by atoms with Crippen LogP contribution in [0.25, 0.3) is 0 Å². The molecule has 5 heteroatoms. The van der Waals surface area contributed by atoms with Gasteiger partial charge in [-0.3, -0.25) is 4.72 Å². The lowest BCUT2D eigenvalue weighted by atomic mass is 10.1. The average molecular weight is 290 g/mol. The van der Waals surface area contributed by atoms with E-state index in [0.717, 1.165) is 16.7 Å². The van der Waals surface area contributed by atoms with E-state index in [1.807, 2.05) is 32.9 Å². The molecule has 0 fully saturated rings. The maximum Gasteiger partial charge on any atom is 0.261 e. The summed E-state index contributed by atoms with van der Waals surface area (Å²) in [5, 5.41) is 0. The van der Waals surface area contributed by atoms with Gasteiger partial charge in [-0.1, -0.05) is 17.7 Å². The summed E-state index contributed by atoms with van der Waals surface area (Å²) in [6, 6.07) is 10.3. The molecule has 0 saturated heterocycles. The first-order chi connectivity index (χ1) is 9.29. The van der Waals surface area contributed by atoms with E-state index >= 15 is 0 Å². The molecule has 0 bridgehead atoms. The molecule has 0 saturated carbocycles. The molecule has 0 atom stereocenters. The van der Waals surface area contributed by atoms with Crippen LogP contribution in [0.3, 0.4) is 0 Å². The summed E-state index contributed by atoms with van der Waals surface area (Å²) < 4.78 is 27.2. The molecule has 0 aliphatic rings. The Morgan fingerprint density at radius 1 is 1.00 bits per heavy atom. The number of nitrogens with two attached hydrogens (primary N) is 1. The van der Waals surface area contributed by atoms with Crippen LogP contribution in [0.2, 0.25) is 0 Å². The van der Waals surface area contributed by atoms with Gasteiger partial charge < -0.3 is 5.73 Å². The molecule has 4 nitrogen and oxygen atoms in total. The number of aryl methyl sites for hydroxylation is 2. The van der Waals surface area contributed by atoms with Crippen LogP contribution in [0.15, 0.2) is 41.3 Å². The maximum absolute atomic E-state index is 12.3. The van der Waals surface area contributed by atoms with E-state index in [1.165, 1.54) is 6.07 Å². The topological polar surface area (TPSA) is 72.2 Å². The lowest BCUT2D eigenvalue weighted by molar-refractivity contribution is 0.601. The van der Waals surface area contributed by atoms with Crippen molar-refractivity contribution in [3.05, 3.63) is 53.1 Å². The summed E-state index contributed by atoms with van der Waals surface area (Å²) in [5.74, 6) is 0. The number of hydrogen-bond acceptors (Lipinski definition) is 3. The average Bonchev–Trinajstić information content (AvgIpc) is 2.38. The minimum atomic E-state index is -3.62. The molecule has 0 spiro atoms. The zero-order chi connectivity index (χ0) is 14.9. The summed E-state index contributed by atoms with van der Waals surface area (Å²) in [4.78, 5) is 0.179. The van der Waals surface area contributed by atoms with Crippen LogP contribution in [-0.2, 0) is 10.0 Å². The molecule has 0 aromatic heterocycles. The maximum atomic E-state index is 12.3. The lowest BCUT2D eigenvalue weighted by Crippen LogP contribution is -2.14. The smallest absolute Gasteiger partial charge is 0.261 e. The molecular weight excluding hydrogens is 272 g/mol. The lowest BCUT2D eigenvalue weighted by Gasteiger charge is -2.11. The Morgan fingerprint density at radius 2 is 1.60 bits per heavy atom. The van der Waals surface area contributed by atoms with Gasteiger partial charge in [0.2, 0.25) is 0 Å². The number of benzene rings is 2. The van der Waals surface area contributed by atoms with Gasteiger partial charge in [0.15, 0.2) is 0 Å². The van der Waals surface area contributed by atoms with E-state index in [-0.39, 0.29) is 4.90 Å². The van der Waals surface area contributed by atoms with Crippen molar-refractivity contribution >= 4 is 21.4 Å². The van der Waals surface area contributed by atoms with Crippen LogP contribution in [0.4, 0.5) is 11.4 Å². The SMILES string of the molecule is Cc1ccc(NS(=O)(=O)c2cc(C)c(C)c(N)c2)cc1. The van der Waals surface area contributed by atoms with Crippen molar-refractivity contribution in [3.8, 4) is 0 Å². The van der Waals surface area contributed by atoms with E-state index in [1.54, 1.807) is 18.2 Å². The second-order valence-electron chi connectivity index (χ2n) is 4.93. The fourth-order valence-electron chi connectivity index (χ4n) is 1.84. The van der Waals surface area contributed by atoms with Crippen molar-refractivity contribution in [1.82, 2.24) is 0 Å². The standard InChI is InChI=1S/C15H18N2O2S/c1-10-4-6-13(7-5-10)17-20(18,19)14-8-11(2)12(3)15(16)9-14/h4-9,17H,16H2,1-3H3. The third-order valence-corrected chi connectivity index (χ3v) is 4.66. The van der Waals surface area contributed by atoms with Crippen LogP contribution < -0.4 is 10.5 Å². The molecule has 106 valence electrons. The van der Waals surface area contributed by atoms with Gasteiger partial charge in [0.1, 0.15) is 0 Å². The van der Waals surface area contributed by atoms with Crippen molar-refractivity contribution in [2.24, 2.45) is 0 Å². The first-order valence-corrected chi connectivity index (χ1v) is 7.74. The van der Waals surface area contributed by atoms with Crippen LogP contribution >= 0.6 is 0 Å². The zero-order valence-electron chi connectivity index (χ0n) is 11.8. The number of nitrogens with one attached hydrogen (secondary N) is 1. The first kappa shape index (κ1) is 14.4. The van der Waals surface area contributed by atoms with Gasteiger partial charge in [0.25, 0.3) is 10.0 Å². The number of anilines is 2. The Kier molecular flexibility index (Phi) is 3.72. The minimum absolute atomic E-state index is 0.179. The molecule has 0 aliphatic heterocycles. The fraction of sp³-hybridized carbons (Fsp3) is 0.200. The van der Waals surface area contributed by atoms with Gasteiger partial charge in [0, 0.05) is 11.4 Å². The van der Waals surface area contributed by atoms with Crippen LogP contribution in [0.1, 0.15) is 16.7 Å². The molecule has 2 aromatic carbocycles. The Labute approximate surface area is 119 Å². The van der Waals surface area contributed by atoms with Gasteiger partial charge >= 0.3 is 0 Å². The Hall–Kier alpha value is -2.01. The van der Waals surface area contributed by atoms with E-state index in [2.05, 4.69) is 4.72 Å². The monoisotopic (exact) mass is 290 g/mol. The molecular formula is C15H18N2O2S. The first-order valence-electron chi connectivity index (χ1n) is 6.26. The Balaban J connectivity index is 2.38. The van der Waals surface area contributed by atoms with Crippen LogP contribution in [0.5, 0.6) is 0 Å². The summed E-state index contributed by atoms with van der Waals surface area (Å²) in [6.45, 7) is 5.66. The highest BCUT2D eigenvalue weighted by molar-refractivity contribution is 7.92. The zero-order valence-corrected chi connectivity index (χ0v) is 12.6. The highest BCUT2D eigenvalue weighted by Gasteiger charge is 2.16. The summed E-state index contributed by atoms with van der Waals surface area (Å²) in [5.41, 5.74) is 9.69. The van der Waals surface area contributed by atoms with Gasteiger partial charge in [0.05, 0.1) is 4.90 Å². The number of nitrogen functional groups attached to an aromatic ring is 1. The van der Waals surface area contributed by atoms with E-state index in [0.29, 0.717) is 11.4 Å². The number of sulfonamides is 1. The molecule has 0 amide bonds. The molecule has 3 N–H and O–H groups in total. The van der Waals surface area contributed by atoms with Crippen molar-refractivity contribution in [2.45, 2.75) is 25.7 Å². The number of hydrogen-bond donors (Lipinski definition) is 2. The Morgan fingerprint density at radius 3 is 2.15 bits per heavy atom. The third kappa shape index (κ3) is 2.93. The quantitative estimate of drug-likeness (QED) is 0.854. The molecule has 0 aliphatic carbocycles. The largest absolute Gasteiger partial charge is 0.398 e. The Bertz CT molecular complexity index is 712. The third-order valence-electron chi connectivity index (χ3n) is 3.30. The summed E-state index contributed by atoms with van der Waals surface area (Å²) in [7, 11) is -3.62. The fourth-order valence-corrected chi connectivity index (χ4v) is 3.02. The van der Waals surface area contributed by atoms with Crippen molar-refractivity contribution in [2.75, 3.05) is 10.5 Å². The highest BCUT2D eigenvalue weighted by Crippen LogP contribution is 2.23. The van der Waals surface area contributed by atoms with Crippen molar-refractivity contribution < 1.29 is 8.42 Å². The van der Waals surface area contributed by atoms with E-state index in [4.69, 9.17) is 5.73 Å². The predicted molar refractivity (Wildman–Crippen MR) is 82.3 cm³/mol. The van der Waals surface area contributed by atoms with Crippen LogP contribution in [-0.4, -0.2) is 8.42 Å². The molecule has 0 heterocycles. The van der Waals surface area contributed by atoms with Crippen LogP contribution in [0, 0.1) is 20.8 Å². The molecule has 2 aromatic rings. The predicted octanol–water partition coefficient (Wildman–Crippen LogP) is 2.99. The summed E-state index contributed by atoms with van der Waals surface area (Å²) in [6.07, 6.45) is 0. The van der Waals surface area contributed by atoms with Gasteiger partial charge in [-0.2, -0.15) is 0 Å². The minimum Gasteiger partial charge on any atom is -0.398 e. The van der Waals surface area contributed by atoms with Gasteiger partial charge in [-0.15, -0.1) is 0 Å². The van der Waals surface area contributed by atoms with Crippen molar-refractivity contribution in [3.63, 3.8) is 0 Å². The highest BCUT2D eigenvalue weighted by atomic mass is 32.2. The number of rotatable bonds is 3. The molecule has 2 rings (SSSR count). The normalized spacial score (nSPS) is 11.3.